The zero-order valence-corrected chi connectivity index (χ0v) is 20.1. The first-order valence-electron chi connectivity index (χ1n) is 13.1. The van der Waals surface area contributed by atoms with Crippen LogP contribution in [0.25, 0.3) is 11.1 Å². The summed E-state index contributed by atoms with van der Waals surface area (Å²) in [5, 5.41) is 0. The molecule has 0 aromatic heterocycles. The molecular weight excluding hydrogens is 442 g/mol. The van der Waals surface area contributed by atoms with Crippen molar-refractivity contribution in [3.63, 3.8) is 0 Å². The topological polar surface area (TPSA) is 65.1 Å². The van der Waals surface area contributed by atoms with Crippen molar-refractivity contribution >= 4 is 11.9 Å². The fraction of sp³-hybridized carbons (Fsp3) is 0.517. The van der Waals surface area contributed by atoms with Crippen molar-refractivity contribution in [2.45, 2.75) is 69.2 Å². The first-order valence-corrected chi connectivity index (χ1v) is 13.1. The Labute approximate surface area is 206 Å². The lowest BCUT2D eigenvalue weighted by Gasteiger charge is -2.47. The molecule has 2 aromatic rings. The largest absolute Gasteiger partial charge is 0.448 e. The van der Waals surface area contributed by atoms with E-state index in [0.29, 0.717) is 32.7 Å². The minimum atomic E-state index is -0.237. The predicted molar refractivity (Wildman–Crippen MR) is 131 cm³/mol. The molecule has 3 saturated heterocycles. The van der Waals surface area contributed by atoms with Crippen molar-refractivity contribution < 1.29 is 23.8 Å². The van der Waals surface area contributed by atoms with Crippen molar-refractivity contribution in [3.05, 3.63) is 59.7 Å². The summed E-state index contributed by atoms with van der Waals surface area (Å²) < 4.78 is 17.0. The Balaban J connectivity index is 1.10. The molecule has 0 radical (unpaired) electrons. The van der Waals surface area contributed by atoms with Gasteiger partial charge in [0.25, 0.3) is 0 Å². The molecule has 1 aliphatic carbocycles. The molecule has 3 aliphatic heterocycles. The van der Waals surface area contributed by atoms with Crippen LogP contribution >= 0.6 is 0 Å². The van der Waals surface area contributed by atoms with Crippen LogP contribution in [0, 0.1) is 5.92 Å². The van der Waals surface area contributed by atoms with Crippen LogP contribution < -0.4 is 0 Å². The number of hydrogen-bond donors (Lipinski definition) is 0. The summed E-state index contributed by atoms with van der Waals surface area (Å²) in [6.45, 7) is 1.57. The molecule has 2 atom stereocenters. The van der Waals surface area contributed by atoms with Crippen LogP contribution in [0.15, 0.2) is 48.5 Å². The summed E-state index contributed by atoms with van der Waals surface area (Å²) in [7, 11) is 0. The number of benzene rings is 2. The first kappa shape index (κ1) is 22.7. The smallest absolute Gasteiger partial charge is 0.410 e. The maximum Gasteiger partial charge on any atom is 0.410 e. The fourth-order valence-electron chi connectivity index (χ4n) is 6.65. The number of amides is 1. The van der Waals surface area contributed by atoms with E-state index >= 15 is 0 Å². The normalized spacial score (nSPS) is 25.8. The number of carbonyl (C=O) groups excluding carboxylic acids is 2. The average Bonchev–Trinajstić information content (AvgIpc) is 3.51. The van der Waals surface area contributed by atoms with Gasteiger partial charge in [0.05, 0.1) is 13.2 Å². The second-order valence-corrected chi connectivity index (χ2v) is 10.3. The lowest BCUT2D eigenvalue weighted by atomic mass is 9.76. The molecule has 35 heavy (non-hydrogen) atoms. The first-order chi connectivity index (χ1) is 17.2. The molecule has 6 heteroatoms. The SMILES string of the molecule is O=C(CCC1OCCO1)C1CC2CCCC(C1)N2C(=O)OCC1c2ccccc2-c2ccccc21. The zero-order valence-electron chi connectivity index (χ0n) is 20.1. The molecule has 0 spiro atoms. The van der Waals surface area contributed by atoms with Gasteiger partial charge in [-0.2, -0.15) is 0 Å². The highest BCUT2D eigenvalue weighted by molar-refractivity contribution is 5.82. The molecular formula is C29H33NO5. The summed E-state index contributed by atoms with van der Waals surface area (Å²) in [5.74, 6) is 0.364. The van der Waals surface area contributed by atoms with Gasteiger partial charge in [-0.05, 0) is 54.4 Å². The number of fused-ring (bicyclic) bond motifs is 5. The lowest BCUT2D eigenvalue weighted by molar-refractivity contribution is -0.129. The number of carbonyl (C=O) groups is 2. The number of piperidine rings is 2. The Bertz CT molecular complexity index is 1030. The molecule has 6 nitrogen and oxygen atoms in total. The van der Waals surface area contributed by atoms with Gasteiger partial charge >= 0.3 is 6.09 Å². The maximum atomic E-state index is 13.4. The van der Waals surface area contributed by atoms with E-state index in [4.69, 9.17) is 14.2 Å². The Morgan fingerprint density at radius 3 is 2.11 bits per heavy atom. The molecule has 184 valence electrons. The van der Waals surface area contributed by atoms with Crippen molar-refractivity contribution in [1.82, 2.24) is 4.90 Å². The molecule has 6 rings (SSSR count). The van der Waals surface area contributed by atoms with Crippen LogP contribution in [0.2, 0.25) is 0 Å². The monoisotopic (exact) mass is 475 g/mol. The Hall–Kier alpha value is -2.70. The van der Waals surface area contributed by atoms with Crippen LogP contribution in [-0.4, -0.2) is 55.0 Å². The fourth-order valence-corrected chi connectivity index (χ4v) is 6.65. The van der Waals surface area contributed by atoms with Gasteiger partial charge in [0.1, 0.15) is 12.4 Å². The van der Waals surface area contributed by atoms with E-state index in [1.165, 1.54) is 22.3 Å². The average molecular weight is 476 g/mol. The van der Waals surface area contributed by atoms with Crippen molar-refractivity contribution in [3.8, 4) is 11.1 Å². The number of ether oxygens (including phenoxy) is 3. The molecule has 0 N–H and O–H groups in total. The zero-order chi connectivity index (χ0) is 23.8. The van der Waals surface area contributed by atoms with Gasteiger partial charge in [0.2, 0.25) is 0 Å². The highest BCUT2D eigenvalue weighted by Crippen LogP contribution is 2.45. The van der Waals surface area contributed by atoms with Crippen molar-refractivity contribution in [1.29, 1.82) is 0 Å². The summed E-state index contributed by atoms with van der Waals surface area (Å²) in [6.07, 6.45) is 5.13. The molecule has 2 aromatic carbocycles. The quantitative estimate of drug-likeness (QED) is 0.568. The van der Waals surface area contributed by atoms with Crippen molar-refractivity contribution in [2.75, 3.05) is 19.8 Å². The van der Waals surface area contributed by atoms with Gasteiger partial charge in [-0.25, -0.2) is 4.79 Å². The van der Waals surface area contributed by atoms with E-state index in [9.17, 15) is 9.59 Å². The summed E-state index contributed by atoms with van der Waals surface area (Å²) >= 11 is 0. The number of hydrogen-bond acceptors (Lipinski definition) is 5. The molecule has 2 bridgehead atoms. The number of nitrogens with zero attached hydrogens (tertiary/aromatic N) is 1. The van der Waals surface area contributed by atoms with E-state index in [1.54, 1.807) is 0 Å². The summed E-state index contributed by atoms with van der Waals surface area (Å²) in [4.78, 5) is 28.3. The van der Waals surface area contributed by atoms with Gasteiger partial charge in [-0.3, -0.25) is 4.79 Å². The highest BCUT2D eigenvalue weighted by Gasteiger charge is 2.44. The number of rotatable bonds is 6. The summed E-state index contributed by atoms with van der Waals surface area (Å²) in [6, 6.07) is 17.0. The molecule has 0 saturated carbocycles. The van der Waals surface area contributed by atoms with E-state index in [-0.39, 0.29) is 42.1 Å². The standard InChI is InChI=1S/C29H33NO5/c31-27(12-13-28-33-14-15-34-28)19-16-20-6-5-7-21(17-19)30(20)29(32)35-18-26-24-10-3-1-8-22(24)23-9-2-4-11-25(23)26/h1-4,8-11,19-21,26,28H,5-7,12-18H2. The number of Topliss-reactive ketones (excluding diaryl/α,β-unsaturated/α-hetero) is 1. The second kappa shape index (κ2) is 9.75. The van der Waals surface area contributed by atoms with E-state index in [2.05, 4.69) is 48.5 Å². The molecule has 3 heterocycles. The van der Waals surface area contributed by atoms with Gasteiger partial charge in [0, 0.05) is 36.8 Å². The van der Waals surface area contributed by atoms with Crippen LogP contribution in [0.1, 0.15) is 62.0 Å². The van der Waals surface area contributed by atoms with Crippen LogP contribution in [0.5, 0.6) is 0 Å². The van der Waals surface area contributed by atoms with Crippen LogP contribution in [0.3, 0.4) is 0 Å². The second-order valence-electron chi connectivity index (χ2n) is 10.3. The Morgan fingerprint density at radius 2 is 1.49 bits per heavy atom. The Kier molecular flexibility index (Phi) is 6.33. The molecule has 2 unspecified atom stereocenters. The third kappa shape index (κ3) is 4.38. The maximum absolute atomic E-state index is 13.4. The van der Waals surface area contributed by atoms with E-state index in [0.717, 1.165) is 32.1 Å². The molecule has 3 fully saturated rings. The van der Waals surface area contributed by atoms with Gasteiger partial charge in [-0.1, -0.05) is 48.5 Å². The van der Waals surface area contributed by atoms with Crippen LogP contribution in [-0.2, 0) is 19.0 Å². The third-order valence-electron chi connectivity index (χ3n) is 8.29. The van der Waals surface area contributed by atoms with E-state index < -0.39 is 0 Å². The van der Waals surface area contributed by atoms with Gasteiger partial charge in [-0.15, -0.1) is 0 Å². The minimum absolute atomic E-state index is 0.0179. The molecule has 1 amide bonds. The number of ketones is 1. The predicted octanol–water partition coefficient (Wildman–Crippen LogP) is 5.29. The van der Waals surface area contributed by atoms with Gasteiger partial charge < -0.3 is 19.1 Å². The van der Waals surface area contributed by atoms with E-state index in [1.807, 2.05) is 4.90 Å². The summed E-state index contributed by atoms with van der Waals surface area (Å²) in [5.41, 5.74) is 4.91. The van der Waals surface area contributed by atoms with Crippen molar-refractivity contribution in [2.24, 2.45) is 5.92 Å². The lowest BCUT2D eigenvalue weighted by Crippen LogP contribution is -2.55. The minimum Gasteiger partial charge on any atom is -0.448 e. The van der Waals surface area contributed by atoms with Crippen LogP contribution in [0.4, 0.5) is 4.79 Å². The van der Waals surface area contributed by atoms with Gasteiger partial charge in [0.15, 0.2) is 6.29 Å². The highest BCUT2D eigenvalue weighted by atomic mass is 16.7. The Morgan fingerprint density at radius 1 is 0.886 bits per heavy atom. The molecule has 4 aliphatic rings. The third-order valence-corrected chi connectivity index (χ3v) is 8.29.